The van der Waals surface area contributed by atoms with E-state index in [4.69, 9.17) is 0 Å². The van der Waals surface area contributed by atoms with E-state index in [0.29, 0.717) is 44.0 Å². The van der Waals surface area contributed by atoms with Crippen LogP contribution in [-0.2, 0) is 17.3 Å². The summed E-state index contributed by atoms with van der Waals surface area (Å²) in [5, 5.41) is 3.17. The van der Waals surface area contributed by atoms with Gasteiger partial charge < -0.3 is 10.2 Å². The highest BCUT2D eigenvalue weighted by atomic mass is 32.2. The Labute approximate surface area is 213 Å². The van der Waals surface area contributed by atoms with Crippen LogP contribution in [0.15, 0.2) is 76.5 Å². The van der Waals surface area contributed by atoms with Crippen LogP contribution in [-0.4, -0.2) is 22.1 Å². The Morgan fingerprint density at radius 3 is 2.58 bits per heavy atom. The van der Waals surface area contributed by atoms with E-state index >= 15 is 0 Å². The fourth-order valence-corrected chi connectivity index (χ4v) is 6.54. The minimum atomic E-state index is -1.64. The molecule has 1 fully saturated rings. The van der Waals surface area contributed by atoms with Crippen LogP contribution in [0.4, 0.5) is 10.1 Å². The number of fused-ring (bicyclic) bond motifs is 2. The molecule has 36 heavy (non-hydrogen) atoms. The summed E-state index contributed by atoms with van der Waals surface area (Å²) in [5.41, 5.74) is 1.38. The largest absolute Gasteiger partial charge is 0.349 e. The molecule has 2 amide bonds. The summed E-state index contributed by atoms with van der Waals surface area (Å²) in [7, 11) is -1.64. The summed E-state index contributed by atoms with van der Waals surface area (Å²) < 4.78 is 28.2. The smallest absolute Gasteiger partial charge is 0.259 e. The van der Waals surface area contributed by atoms with Crippen molar-refractivity contribution in [3.05, 3.63) is 89.2 Å². The van der Waals surface area contributed by atoms with E-state index in [1.54, 1.807) is 60.7 Å². The van der Waals surface area contributed by atoms with Gasteiger partial charge in [-0.05, 0) is 54.7 Å². The first-order valence-corrected chi connectivity index (χ1v) is 13.5. The van der Waals surface area contributed by atoms with E-state index in [9.17, 15) is 18.2 Å². The molecular weight excluding hydrogens is 475 g/mol. The van der Waals surface area contributed by atoms with E-state index in [-0.39, 0.29) is 24.4 Å². The van der Waals surface area contributed by atoms with Crippen molar-refractivity contribution in [1.82, 2.24) is 5.32 Å². The topological polar surface area (TPSA) is 66.5 Å². The quantitative estimate of drug-likeness (QED) is 0.495. The third-order valence-electron chi connectivity index (χ3n) is 7.58. The van der Waals surface area contributed by atoms with Gasteiger partial charge in [0, 0.05) is 17.2 Å². The van der Waals surface area contributed by atoms with Crippen LogP contribution < -0.4 is 10.2 Å². The summed E-state index contributed by atoms with van der Waals surface area (Å²) in [6.07, 6.45) is 3.16. The highest BCUT2D eigenvalue weighted by molar-refractivity contribution is 7.85. The SMILES string of the molecule is CC1CCCC(NC(=O)c2ccc3c(c2)N(Cc2ccccc2F)C(=O)c2ccccc2S3=O)C1C. The van der Waals surface area contributed by atoms with Crippen LogP contribution >= 0.6 is 0 Å². The monoisotopic (exact) mass is 504 g/mol. The molecule has 1 saturated carbocycles. The second-order valence-corrected chi connectivity index (χ2v) is 11.2. The highest BCUT2D eigenvalue weighted by Crippen LogP contribution is 2.36. The van der Waals surface area contributed by atoms with Crippen LogP contribution in [0.25, 0.3) is 0 Å². The van der Waals surface area contributed by atoms with Gasteiger partial charge in [-0.25, -0.2) is 8.60 Å². The van der Waals surface area contributed by atoms with Crippen molar-refractivity contribution < 1.29 is 18.2 Å². The number of anilines is 1. The van der Waals surface area contributed by atoms with Gasteiger partial charge in [0.15, 0.2) is 0 Å². The van der Waals surface area contributed by atoms with Gasteiger partial charge in [-0.3, -0.25) is 9.59 Å². The Morgan fingerprint density at radius 1 is 1.03 bits per heavy atom. The fraction of sp³-hybridized carbons (Fsp3) is 0.310. The average Bonchev–Trinajstić information content (AvgIpc) is 2.97. The van der Waals surface area contributed by atoms with Gasteiger partial charge in [0.1, 0.15) is 5.82 Å². The van der Waals surface area contributed by atoms with Gasteiger partial charge >= 0.3 is 0 Å². The zero-order chi connectivity index (χ0) is 25.4. The van der Waals surface area contributed by atoms with Crippen LogP contribution in [0.5, 0.6) is 0 Å². The number of amides is 2. The maximum absolute atomic E-state index is 14.6. The van der Waals surface area contributed by atoms with Crippen LogP contribution in [0.3, 0.4) is 0 Å². The predicted octanol–water partition coefficient (Wildman–Crippen LogP) is 5.71. The van der Waals surface area contributed by atoms with Crippen LogP contribution in [0.2, 0.25) is 0 Å². The molecule has 0 radical (unpaired) electrons. The fourth-order valence-electron chi connectivity index (χ4n) is 5.20. The lowest BCUT2D eigenvalue weighted by Crippen LogP contribution is -2.43. The molecule has 4 atom stereocenters. The second kappa shape index (κ2) is 9.97. The van der Waals surface area contributed by atoms with Crippen molar-refractivity contribution in [2.24, 2.45) is 11.8 Å². The summed E-state index contributed by atoms with van der Waals surface area (Å²) in [5.74, 6) is -0.141. The Morgan fingerprint density at radius 2 is 1.78 bits per heavy atom. The first kappa shape index (κ1) is 24.4. The van der Waals surface area contributed by atoms with Gasteiger partial charge in [-0.2, -0.15) is 0 Å². The Kier molecular flexibility index (Phi) is 6.75. The van der Waals surface area contributed by atoms with Crippen molar-refractivity contribution in [3.63, 3.8) is 0 Å². The molecule has 186 valence electrons. The molecule has 3 aromatic carbocycles. The molecule has 1 heterocycles. The maximum Gasteiger partial charge on any atom is 0.259 e. The lowest BCUT2D eigenvalue weighted by atomic mass is 9.78. The van der Waals surface area contributed by atoms with E-state index in [0.717, 1.165) is 19.3 Å². The minimum absolute atomic E-state index is 0.0493. The molecule has 0 spiro atoms. The van der Waals surface area contributed by atoms with Gasteiger partial charge in [0.2, 0.25) is 0 Å². The number of nitrogens with zero attached hydrogens (tertiary/aromatic N) is 1. The number of hydrogen-bond acceptors (Lipinski definition) is 3. The zero-order valence-electron chi connectivity index (χ0n) is 20.4. The molecule has 1 N–H and O–H groups in total. The van der Waals surface area contributed by atoms with Crippen LogP contribution in [0, 0.1) is 17.7 Å². The molecule has 5 nitrogen and oxygen atoms in total. The number of benzene rings is 3. The summed E-state index contributed by atoms with van der Waals surface area (Å²) >= 11 is 0. The lowest BCUT2D eigenvalue weighted by molar-refractivity contribution is 0.0889. The predicted molar refractivity (Wildman–Crippen MR) is 138 cm³/mol. The van der Waals surface area contributed by atoms with Gasteiger partial charge in [-0.15, -0.1) is 0 Å². The second-order valence-electron chi connectivity index (χ2n) is 9.78. The highest BCUT2D eigenvalue weighted by Gasteiger charge is 2.33. The van der Waals surface area contributed by atoms with E-state index < -0.39 is 16.6 Å². The van der Waals surface area contributed by atoms with Gasteiger partial charge in [-0.1, -0.05) is 57.0 Å². The average molecular weight is 505 g/mol. The van der Waals surface area contributed by atoms with E-state index in [2.05, 4.69) is 19.2 Å². The number of hydrogen-bond donors (Lipinski definition) is 1. The number of carbonyl (C=O) groups is 2. The van der Waals surface area contributed by atoms with Crippen molar-refractivity contribution in [3.8, 4) is 0 Å². The van der Waals surface area contributed by atoms with Gasteiger partial charge in [0.05, 0.1) is 38.4 Å². The molecule has 0 saturated heterocycles. The van der Waals surface area contributed by atoms with Crippen molar-refractivity contribution in [2.45, 2.75) is 55.5 Å². The van der Waals surface area contributed by atoms with Gasteiger partial charge in [0.25, 0.3) is 11.8 Å². The third-order valence-corrected chi connectivity index (χ3v) is 9.08. The number of halogens is 1. The molecule has 0 aromatic heterocycles. The van der Waals surface area contributed by atoms with E-state index in [1.807, 2.05) is 0 Å². The summed E-state index contributed by atoms with van der Waals surface area (Å²) in [6.45, 7) is 4.33. The molecule has 3 aromatic rings. The Balaban J connectivity index is 1.56. The molecule has 1 aliphatic carbocycles. The van der Waals surface area contributed by atoms with Crippen LogP contribution in [0.1, 0.15) is 59.4 Å². The summed E-state index contributed by atoms with van der Waals surface area (Å²) in [6, 6.07) is 18.0. The lowest BCUT2D eigenvalue weighted by Gasteiger charge is -2.34. The minimum Gasteiger partial charge on any atom is -0.349 e. The summed E-state index contributed by atoms with van der Waals surface area (Å²) in [4.78, 5) is 29.2. The maximum atomic E-state index is 14.6. The molecule has 0 bridgehead atoms. The molecule has 2 aliphatic rings. The molecule has 7 heteroatoms. The van der Waals surface area contributed by atoms with Crippen molar-refractivity contribution in [2.75, 3.05) is 4.90 Å². The molecular formula is C29H29FN2O3S. The molecule has 1 aliphatic heterocycles. The normalized spacial score (nSPS) is 23.4. The number of nitrogens with one attached hydrogen (secondary N) is 1. The van der Waals surface area contributed by atoms with Crippen molar-refractivity contribution >= 4 is 28.3 Å². The third kappa shape index (κ3) is 4.48. The molecule has 5 rings (SSSR count). The van der Waals surface area contributed by atoms with Crippen molar-refractivity contribution in [1.29, 1.82) is 0 Å². The molecule has 4 unspecified atom stereocenters. The Hall–Kier alpha value is -3.32. The number of carbonyl (C=O) groups excluding carboxylic acids is 2. The first-order chi connectivity index (χ1) is 17.3. The Bertz CT molecular complexity index is 1360. The zero-order valence-corrected chi connectivity index (χ0v) is 21.2. The van der Waals surface area contributed by atoms with E-state index in [1.165, 1.54) is 11.0 Å². The standard InChI is InChI=1S/C29H29FN2O3S/c1-18-8-7-12-24(19(18)2)31-28(33)20-14-15-27-25(16-20)32(17-21-9-3-5-11-23(21)30)29(34)22-10-4-6-13-26(22)36(27)35/h3-6,9-11,13-16,18-19,24H,7-8,12,17H2,1-2H3,(H,31,33). The number of rotatable bonds is 4. The first-order valence-electron chi connectivity index (χ1n) is 12.4.